The number of anilines is 2. The van der Waals surface area contributed by atoms with Crippen molar-refractivity contribution in [1.82, 2.24) is 9.97 Å². The topological polar surface area (TPSA) is 84.2 Å². The first kappa shape index (κ1) is 14.5. The summed E-state index contributed by atoms with van der Waals surface area (Å²) in [7, 11) is 0. The quantitative estimate of drug-likeness (QED) is 0.658. The van der Waals surface area contributed by atoms with E-state index in [4.69, 9.17) is 0 Å². The molecular weight excluding hydrogens is 258 g/mol. The van der Waals surface area contributed by atoms with Crippen molar-refractivity contribution in [3.05, 3.63) is 15.8 Å². The zero-order valence-electron chi connectivity index (χ0n) is 12.2. The molecule has 1 aliphatic rings. The highest BCUT2D eigenvalue weighted by atomic mass is 16.6. The minimum atomic E-state index is -0.375. The van der Waals surface area contributed by atoms with Gasteiger partial charge in [-0.25, -0.2) is 4.98 Å². The van der Waals surface area contributed by atoms with Crippen LogP contribution in [0.4, 0.5) is 17.5 Å². The minimum absolute atomic E-state index is 0.0309. The monoisotopic (exact) mass is 279 g/mol. The minimum Gasteiger partial charge on any atom is -0.354 e. The van der Waals surface area contributed by atoms with Crippen LogP contribution in [0.2, 0.25) is 0 Å². The summed E-state index contributed by atoms with van der Waals surface area (Å²) in [4.78, 5) is 21.5. The van der Waals surface area contributed by atoms with Crippen molar-refractivity contribution in [2.45, 2.75) is 33.6 Å². The van der Waals surface area contributed by atoms with Gasteiger partial charge < -0.3 is 10.2 Å². The van der Waals surface area contributed by atoms with Crippen molar-refractivity contribution >= 4 is 17.5 Å². The first-order chi connectivity index (χ1) is 9.56. The lowest BCUT2D eigenvalue weighted by Gasteiger charge is -2.18. The van der Waals surface area contributed by atoms with Crippen molar-refractivity contribution in [1.29, 1.82) is 0 Å². The van der Waals surface area contributed by atoms with Gasteiger partial charge >= 0.3 is 5.69 Å². The molecule has 0 bridgehead atoms. The fraction of sp³-hybridized carbons (Fsp3) is 0.692. The zero-order chi connectivity index (χ0) is 14.7. The highest BCUT2D eigenvalue weighted by molar-refractivity contribution is 5.62. The number of aromatic nitrogens is 2. The Kier molecular flexibility index (Phi) is 4.36. The van der Waals surface area contributed by atoms with E-state index in [9.17, 15) is 10.1 Å². The summed E-state index contributed by atoms with van der Waals surface area (Å²) in [5.41, 5.74) is 0.444. The van der Waals surface area contributed by atoms with Crippen molar-refractivity contribution < 1.29 is 4.92 Å². The average Bonchev–Trinajstić information content (AvgIpc) is 2.86. The van der Waals surface area contributed by atoms with Gasteiger partial charge in [0.15, 0.2) is 0 Å². The molecule has 1 aromatic rings. The third-order valence-corrected chi connectivity index (χ3v) is 3.72. The first-order valence-corrected chi connectivity index (χ1v) is 7.08. The number of aryl methyl sites for hydroxylation is 1. The predicted octanol–water partition coefficient (Wildman–Crippen LogP) is 2.36. The molecule has 1 saturated heterocycles. The van der Waals surface area contributed by atoms with E-state index in [2.05, 4.69) is 22.2 Å². The third kappa shape index (κ3) is 2.81. The van der Waals surface area contributed by atoms with Crippen LogP contribution in [0.15, 0.2) is 0 Å². The molecule has 1 N–H and O–H groups in total. The summed E-state index contributed by atoms with van der Waals surface area (Å²) in [6, 6.07) is 0. The molecule has 1 unspecified atom stereocenters. The van der Waals surface area contributed by atoms with Gasteiger partial charge in [0.1, 0.15) is 5.69 Å². The Morgan fingerprint density at radius 3 is 2.75 bits per heavy atom. The zero-order valence-corrected chi connectivity index (χ0v) is 12.2. The average molecular weight is 279 g/mol. The van der Waals surface area contributed by atoms with Crippen LogP contribution in [-0.4, -0.2) is 34.5 Å². The summed E-state index contributed by atoms with van der Waals surface area (Å²) in [6.07, 6.45) is 2.15. The van der Waals surface area contributed by atoms with E-state index >= 15 is 0 Å². The van der Waals surface area contributed by atoms with Crippen LogP contribution in [0.1, 0.15) is 32.4 Å². The molecule has 0 radical (unpaired) electrons. The van der Waals surface area contributed by atoms with Crippen LogP contribution in [0, 0.1) is 23.0 Å². The maximum absolute atomic E-state index is 11.3. The Morgan fingerprint density at radius 1 is 1.45 bits per heavy atom. The molecule has 0 spiro atoms. The number of rotatable bonds is 5. The molecule has 2 heterocycles. The van der Waals surface area contributed by atoms with Gasteiger partial charge in [-0.05, 0) is 26.2 Å². The summed E-state index contributed by atoms with van der Waals surface area (Å²) in [6.45, 7) is 8.10. The smallest absolute Gasteiger partial charge is 0.332 e. The van der Waals surface area contributed by atoms with Crippen LogP contribution in [0.25, 0.3) is 0 Å². The van der Waals surface area contributed by atoms with Gasteiger partial charge in [-0.1, -0.05) is 13.3 Å². The maximum Gasteiger partial charge on any atom is 0.332 e. The third-order valence-electron chi connectivity index (χ3n) is 3.72. The Labute approximate surface area is 118 Å². The van der Waals surface area contributed by atoms with E-state index in [0.717, 1.165) is 25.9 Å². The van der Waals surface area contributed by atoms with Gasteiger partial charge in [0.25, 0.3) is 0 Å². The summed E-state index contributed by atoms with van der Waals surface area (Å²) in [5, 5.41) is 14.3. The van der Waals surface area contributed by atoms with Crippen LogP contribution in [0.5, 0.6) is 0 Å². The van der Waals surface area contributed by atoms with Crippen LogP contribution in [-0.2, 0) is 0 Å². The molecule has 0 aromatic carbocycles. The highest BCUT2D eigenvalue weighted by Crippen LogP contribution is 2.33. The lowest BCUT2D eigenvalue weighted by atomic mass is 10.1. The lowest BCUT2D eigenvalue weighted by Crippen LogP contribution is -2.23. The SMILES string of the molecule is CCNc1nc(C)c([N+](=O)[O-])c(N2CCC(CC)C2)n1. The van der Waals surface area contributed by atoms with Gasteiger partial charge in [0.2, 0.25) is 11.8 Å². The van der Waals surface area contributed by atoms with E-state index < -0.39 is 0 Å². The van der Waals surface area contributed by atoms with Crippen molar-refractivity contribution in [3.8, 4) is 0 Å². The van der Waals surface area contributed by atoms with Gasteiger partial charge in [-0.15, -0.1) is 0 Å². The van der Waals surface area contributed by atoms with Gasteiger partial charge in [0.05, 0.1) is 4.92 Å². The van der Waals surface area contributed by atoms with Crippen LogP contribution < -0.4 is 10.2 Å². The molecule has 7 nitrogen and oxygen atoms in total. The summed E-state index contributed by atoms with van der Waals surface area (Å²) < 4.78 is 0. The largest absolute Gasteiger partial charge is 0.354 e. The Balaban J connectivity index is 2.40. The van der Waals surface area contributed by atoms with E-state index in [-0.39, 0.29) is 10.6 Å². The van der Waals surface area contributed by atoms with E-state index in [1.807, 2.05) is 11.8 Å². The molecule has 1 aliphatic heterocycles. The van der Waals surface area contributed by atoms with Gasteiger partial charge in [0, 0.05) is 19.6 Å². The van der Waals surface area contributed by atoms with Crippen molar-refractivity contribution in [3.63, 3.8) is 0 Å². The molecule has 1 fully saturated rings. The van der Waals surface area contributed by atoms with Crippen molar-refractivity contribution in [2.24, 2.45) is 5.92 Å². The van der Waals surface area contributed by atoms with Crippen LogP contribution >= 0.6 is 0 Å². The molecule has 1 aromatic heterocycles. The Bertz CT molecular complexity index is 506. The second-order valence-electron chi connectivity index (χ2n) is 5.10. The standard InChI is InChI=1S/C13H21N5O2/c1-4-10-6-7-17(8-10)12-11(18(19)20)9(3)15-13(16-12)14-5-2/h10H,4-8H2,1-3H3,(H,14,15,16). The molecule has 7 heteroatoms. The number of hydrogen-bond acceptors (Lipinski definition) is 6. The second-order valence-corrected chi connectivity index (χ2v) is 5.10. The molecule has 0 amide bonds. The second kappa shape index (κ2) is 6.02. The molecule has 0 saturated carbocycles. The fourth-order valence-corrected chi connectivity index (χ4v) is 2.58. The molecule has 0 aliphatic carbocycles. The van der Waals surface area contributed by atoms with Gasteiger partial charge in [-0.2, -0.15) is 4.98 Å². The fourth-order valence-electron chi connectivity index (χ4n) is 2.58. The molecular formula is C13H21N5O2. The normalized spacial score (nSPS) is 18.4. The molecule has 2 rings (SSSR count). The first-order valence-electron chi connectivity index (χ1n) is 7.08. The highest BCUT2D eigenvalue weighted by Gasteiger charge is 2.30. The molecule has 20 heavy (non-hydrogen) atoms. The van der Waals surface area contributed by atoms with E-state index in [1.165, 1.54) is 0 Å². The lowest BCUT2D eigenvalue weighted by molar-refractivity contribution is -0.385. The van der Waals surface area contributed by atoms with Crippen LogP contribution in [0.3, 0.4) is 0 Å². The Hall–Kier alpha value is -1.92. The summed E-state index contributed by atoms with van der Waals surface area (Å²) in [5.74, 6) is 1.51. The number of nitrogens with zero attached hydrogens (tertiary/aromatic N) is 4. The van der Waals surface area contributed by atoms with Gasteiger partial charge in [-0.3, -0.25) is 10.1 Å². The predicted molar refractivity (Wildman–Crippen MR) is 78.2 cm³/mol. The van der Waals surface area contributed by atoms with Crippen molar-refractivity contribution in [2.75, 3.05) is 29.9 Å². The number of nitrogens with one attached hydrogen (secondary N) is 1. The number of nitro groups is 1. The molecule has 110 valence electrons. The number of hydrogen-bond donors (Lipinski definition) is 1. The summed E-state index contributed by atoms with van der Waals surface area (Å²) >= 11 is 0. The molecule has 1 atom stereocenters. The van der Waals surface area contributed by atoms with E-state index in [0.29, 0.717) is 29.9 Å². The Morgan fingerprint density at radius 2 is 2.20 bits per heavy atom. The maximum atomic E-state index is 11.3. The van der Waals surface area contributed by atoms with E-state index in [1.54, 1.807) is 6.92 Å².